The summed E-state index contributed by atoms with van der Waals surface area (Å²) < 4.78 is 0. The van der Waals surface area contributed by atoms with Crippen molar-refractivity contribution in [2.45, 2.75) is 50.5 Å². The SMILES string of the molecule is NCC1(NCC2CC2)C2CC3CC(C2)CC1C3. The van der Waals surface area contributed by atoms with Crippen molar-refractivity contribution >= 4 is 0 Å². The van der Waals surface area contributed by atoms with Crippen LogP contribution in [0.15, 0.2) is 0 Å². The summed E-state index contributed by atoms with van der Waals surface area (Å²) in [6.45, 7) is 2.13. The first-order chi connectivity index (χ1) is 8.30. The van der Waals surface area contributed by atoms with E-state index in [9.17, 15) is 0 Å². The van der Waals surface area contributed by atoms with Crippen molar-refractivity contribution in [3.05, 3.63) is 0 Å². The molecule has 4 bridgehead atoms. The molecule has 0 heterocycles. The minimum absolute atomic E-state index is 0.343. The van der Waals surface area contributed by atoms with Crippen LogP contribution in [0.2, 0.25) is 0 Å². The Kier molecular flexibility index (Phi) is 2.36. The fourth-order valence-electron chi connectivity index (χ4n) is 5.38. The van der Waals surface area contributed by atoms with E-state index in [0.29, 0.717) is 5.54 Å². The van der Waals surface area contributed by atoms with Crippen molar-refractivity contribution in [1.29, 1.82) is 0 Å². The minimum Gasteiger partial charge on any atom is -0.329 e. The molecule has 0 atom stereocenters. The molecule has 0 aromatic heterocycles. The molecule has 0 saturated heterocycles. The molecule has 0 radical (unpaired) electrons. The van der Waals surface area contributed by atoms with Gasteiger partial charge < -0.3 is 11.1 Å². The summed E-state index contributed by atoms with van der Waals surface area (Å²) >= 11 is 0. The Morgan fingerprint density at radius 1 is 0.941 bits per heavy atom. The average molecular weight is 234 g/mol. The molecule has 0 aromatic rings. The number of hydrogen-bond donors (Lipinski definition) is 2. The summed E-state index contributed by atoms with van der Waals surface area (Å²) in [4.78, 5) is 0. The van der Waals surface area contributed by atoms with E-state index in [1.54, 1.807) is 0 Å². The first-order valence-electron chi connectivity index (χ1n) is 7.75. The second-order valence-corrected chi connectivity index (χ2v) is 7.37. The lowest BCUT2D eigenvalue weighted by atomic mass is 9.48. The van der Waals surface area contributed by atoms with Crippen LogP contribution in [-0.4, -0.2) is 18.6 Å². The molecule has 0 spiro atoms. The Morgan fingerprint density at radius 3 is 2.00 bits per heavy atom. The Balaban J connectivity index is 1.56. The van der Waals surface area contributed by atoms with E-state index < -0.39 is 0 Å². The van der Waals surface area contributed by atoms with Gasteiger partial charge in [-0.05, 0) is 81.1 Å². The van der Waals surface area contributed by atoms with E-state index in [0.717, 1.165) is 36.1 Å². The highest BCUT2D eigenvalue weighted by atomic mass is 15.0. The van der Waals surface area contributed by atoms with Crippen molar-refractivity contribution in [3.8, 4) is 0 Å². The van der Waals surface area contributed by atoms with Gasteiger partial charge in [-0.2, -0.15) is 0 Å². The fraction of sp³-hybridized carbons (Fsp3) is 1.00. The highest BCUT2D eigenvalue weighted by Gasteiger charge is 2.56. The molecule has 5 rings (SSSR count). The predicted octanol–water partition coefficient (Wildman–Crippen LogP) is 2.14. The first-order valence-corrected chi connectivity index (χ1v) is 7.75. The van der Waals surface area contributed by atoms with E-state index in [2.05, 4.69) is 5.32 Å². The van der Waals surface area contributed by atoms with E-state index in [1.807, 2.05) is 0 Å². The normalized spacial score (nSPS) is 52.1. The standard InChI is InChI=1S/C15H26N2/c16-9-15(17-8-10-1-2-10)13-4-11-3-12(6-13)7-14(15)5-11/h10-14,17H,1-9,16H2. The van der Waals surface area contributed by atoms with E-state index in [4.69, 9.17) is 5.73 Å². The van der Waals surface area contributed by atoms with Gasteiger partial charge in [0.05, 0.1) is 0 Å². The highest BCUT2D eigenvalue weighted by Crippen LogP contribution is 2.58. The summed E-state index contributed by atoms with van der Waals surface area (Å²) in [5.74, 6) is 4.90. The van der Waals surface area contributed by atoms with E-state index in [-0.39, 0.29) is 0 Å². The maximum atomic E-state index is 6.23. The van der Waals surface area contributed by atoms with Gasteiger partial charge in [0.15, 0.2) is 0 Å². The zero-order chi connectivity index (χ0) is 11.5. The molecule has 2 heteroatoms. The van der Waals surface area contributed by atoms with Crippen LogP contribution in [0.25, 0.3) is 0 Å². The minimum atomic E-state index is 0.343. The Hall–Kier alpha value is -0.0800. The molecule has 5 fully saturated rings. The first kappa shape index (κ1) is 10.8. The van der Waals surface area contributed by atoms with Gasteiger partial charge in [-0.3, -0.25) is 0 Å². The van der Waals surface area contributed by atoms with E-state index >= 15 is 0 Å². The number of rotatable bonds is 4. The smallest absolute Gasteiger partial charge is 0.0361 e. The van der Waals surface area contributed by atoms with Crippen LogP contribution in [0.4, 0.5) is 0 Å². The van der Waals surface area contributed by atoms with Gasteiger partial charge in [0.1, 0.15) is 0 Å². The number of nitrogens with one attached hydrogen (secondary N) is 1. The predicted molar refractivity (Wildman–Crippen MR) is 69.6 cm³/mol. The van der Waals surface area contributed by atoms with Gasteiger partial charge in [-0.25, -0.2) is 0 Å². The van der Waals surface area contributed by atoms with Crippen molar-refractivity contribution in [2.75, 3.05) is 13.1 Å². The lowest BCUT2D eigenvalue weighted by Gasteiger charge is -2.61. The summed E-state index contributed by atoms with van der Waals surface area (Å²) in [7, 11) is 0. The lowest BCUT2D eigenvalue weighted by molar-refractivity contribution is -0.0694. The van der Waals surface area contributed by atoms with Crippen molar-refractivity contribution in [3.63, 3.8) is 0 Å². The molecule has 17 heavy (non-hydrogen) atoms. The van der Waals surface area contributed by atoms with Crippen LogP contribution in [0.3, 0.4) is 0 Å². The summed E-state index contributed by atoms with van der Waals surface area (Å²) in [5, 5.41) is 3.96. The quantitative estimate of drug-likeness (QED) is 0.782. The van der Waals surface area contributed by atoms with Crippen LogP contribution in [0, 0.1) is 29.6 Å². The molecular weight excluding hydrogens is 208 g/mol. The number of hydrogen-bond acceptors (Lipinski definition) is 2. The van der Waals surface area contributed by atoms with Crippen LogP contribution >= 0.6 is 0 Å². The Labute approximate surface area is 105 Å². The molecule has 5 aliphatic carbocycles. The van der Waals surface area contributed by atoms with Crippen molar-refractivity contribution in [2.24, 2.45) is 35.3 Å². The molecular formula is C15H26N2. The third-order valence-electron chi connectivity index (χ3n) is 6.35. The Bertz CT molecular complexity index is 280. The highest BCUT2D eigenvalue weighted by molar-refractivity contribution is 5.12. The number of nitrogens with two attached hydrogens (primary N) is 1. The maximum absolute atomic E-state index is 6.23. The van der Waals surface area contributed by atoms with Gasteiger partial charge in [0, 0.05) is 12.1 Å². The zero-order valence-electron chi connectivity index (χ0n) is 10.8. The lowest BCUT2D eigenvalue weighted by Crippen LogP contribution is -2.68. The molecule has 5 aliphatic rings. The summed E-state index contributed by atoms with van der Waals surface area (Å²) in [5.41, 5.74) is 6.58. The Morgan fingerprint density at radius 2 is 1.53 bits per heavy atom. The molecule has 0 aromatic carbocycles. The van der Waals surface area contributed by atoms with Crippen molar-refractivity contribution < 1.29 is 0 Å². The third-order valence-corrected chi connectivity index (χ3v) is 6.35. The summed E-state index contributed by atoms with van der Waals surface area (Å²) in [6, 6.07) is 0. The van der Waals surface area contributed by atoms with Gasteiger partial charge in [0.2, 0.25) is 0 Å². The second-order valence-electron chi connectivity index (χ2n) is 7.37. The van der Waals surface area contributed by atoms with Crippen LogP contribution in [0.5, 0.6) is 0 Å². The molecule has 0 unspecified atom stereocenters. The topological polar surface area (TPSA) is 38.0 Å². The monoisotopic (exact) mass is 234 g/mol. The van der Waals surface area contributed by atoms with Crippen LogP contribution in [0.1, 0.15) is 44.9 Å². The third kappa shape index (κ3) is 1.60. The van der Waals surface area contributed by atoms with Gasteiger partial charge in [-0.15, -0.1) is 0 Å². The van der Waals surface area contributed by atoms with Gasteiger partial charge in [-0.1, -0.05) is 0 Å². The molecule has 2 nitrogen and oxygen atoms in total. The van der Waals surface area contributed by atoms with E-state index in [1.165, 1.54) is 51.5 Å². The maximum Gasteiger partial charge on any atom is 0.0361 e. The second kappa shape index (κ2) is 3.71. The molecule has 0 amide bonds. The molecule has 96 valence electrons. The average Bonchev–Trinajstić information content (AvgIpc) is 3.12. The fourth-order valence-corrected chi connectivity index (χ4v) is 5.38. The van der Waals surface area contributed by atoms with Crippen LogP contribution < -0.4 is 11.1 Å². The summed E-state index contributed by atoms with van der Waals surface area (Å²) in [6.07, 6.45) is 10.3. The zero-order valence-corrected chi connectivity index (χ0v) is 10.8. The molecule has 0 aliphatic heterocycles. The van der Waals surface area contributed by atoms with Gasteiger partial charge in [0.25, 0.3) is 0 Å². The van der Waals surface area contributed by atoms with Gasteiger partial charge >= 0.3 is 0 Å². The molecule has 3 N–H and O–H groups in total. The van der Waals surface area contributed by atoms with Crippen molar-refractivity contribution in [1.82, 2.24) is 5.32 Å². The molecule has 5 saturated carbocycles. The van der Waals surface area contributed by atoms with Crippen LogP contribution in [-0.2, 0) is 0 Å². The largest absolute Gasteiger partial charge is 0.329 e.